The molecule has 0 aromatic heterocycles. The number of phenolic OH excluding ortho intramolecular Hbond substituents is 2. The van der Waals surface area contributed by atoms with Gasteiger partial charge >= 0.3 is 0 Å². The molecule has 5 heteroatoms. The van der Waals surface area contributed by atoms with Crippen molar-refractivity contribution >= 4 is 5.91 Å². The number of phenols is 2. The van der Waals surface area contributed by atoms with Gasteiger partial charge in [0.2, 0.25) is 0 Å². The first-order valence-corrected chi connectivity index (χ1v) is 5.48. The first-order chi connectivity index (χ1) is 7.93. The van der Waals surface area contributed by atoms with E-state index in [1.54, 1.807) is 0 Å². The fourth-order valence-corrected chi connectivity index (χ4v) is 1.48. The van der Waals surface area contributed by atoms with Crippen molar-refractivity contribution in [1.82, 2.24) is 5.32 Å². The topological polar surface area (TPSA) is 95.6 Å². The summed E-state index contributed by atoms with van der Waals surface area (Å²) in [6, 6.07) is 3.62. The van der Waals surface area contributed by atoms with Gasteiger partial charge < -0.3 is 21.3 Å². The van der Waals surface area contributed by atoms with Gasteiger partial charge in [0.15, 0.2) is 0 Å². The highest BCUT2D eigenvalue weighted by atomic mass is 16.3. The molecule has 0 aliphatic carbocycles. The van der Waals surface area contributed by atoms with E-state index in [2.05, 4.69) is 5.32 Å². The number of hydrogen-bond acceptors (Lipinski definition) is 4. The molecule has 0 saturated heterocycles. The second-order valence-corrected chi connectivity index (χ2v) is 4.30. The zero-order valence-corrected chi connectivity index (χ0v) is 9.97. The predicted molar refractivity (Wildman–Crippen MR) is 64.9 cm³/mol. The van der Waals surface area contributed by atoms with Gasteiger partial charge in [0.1, 0.15) is 11.5 Å². The van der Waals surface area contributed by atoms with Crippen LogP contribution in [0.15, 0.2) is 18.2 Å². The van der Waals surface area contributed by atoms with E-state index in [-0.39, 0.29) is 34.9 Å². The number of nitrogens with two attached hydrogens (primary N) is 1. The molecule has 0 heterocycles. The molecule has 0 saturated carbocycles. The minimum atomic E-state index is -0.361. The van der Waals surface area contributed by atoms with Crippen LogP contribution in [0.1, 0.15) is 24.2 Å². The van der Waals surface area contributed by atoms with Crippen LogP contribution in [0.5, 0.6) is 11.5 Å². The van der Waals surface area contributed by atoms with E-state index in [1.807, 2.05) is 13.8 Å². The Morgan fingerprint density at radius 2 is 1.82 bits per heavy atom. The van der Waals surface area contributed by atoms with Crippen molar-refractivity contribution in [2.24, 2.45) is 11.7 Å². The summed E-state index contributed by atoms with van der Waals surface area (Å²) in [5, 5.41) is 21.3. The predicted octanol–water partition coefficient (Wildman–Crippen LogP) is 0.811. The third-order valence-corrected chi connectivity index (χ3v) is 2.54. The molecular formula is C12H18N2O3. The molecule has 1 amide bonds. The lowest BCUT2D eigenvalue weighted by Gasteiger charge is -2.20. The lowest BCUT2D eigenvalue weighted by atomic mass is 10.0. The van der Waals surface area contributed by atoms with Crippen LogP contribution < -0.4 is 11.1 Å². The Balaban J connectivity index is 2.82. The van der Waals surface area contributed by atoms with Crippen LogP contribution in [0.2, 0.25) is 0 Å². The van der Waals surface area contributed by atoms with Gasteiger partial charge in [-0.05, 0) is 18.1 Å². The molecule has 0 bridgehead atoms. The Hall–Kier alpha value is -1.75. The number of hydrogen-bond donors (Lipinski definition) is 4. The lowest BCUT2D eigenvalue weighted by Crippen LogP contribution is -2.43. The molecular weight excluding hydrogens is 220 g/mol. The highest BCUT2D eigenvalue weighted by Gasteiger charge is 2.16. The highest BCUT2D eigenvalue weighted by molar-refractivity contribution is 5.95. The Kier molecular flexibility index (Phi) is 4.34. The second-order valence-electron chi connectivity index (χ2n) is 4.30. The van der Waals surface area contributed by atoms with E-state index in [1.165, 1.54) is 18.2 Å². The Labute approximate surface area is 100 Å². The van der Waals surface area contributed by atoms with E-state index >= 15 is 0 Å². The van der Waals surface area contributed by atoms with Crippen LogP contribution in [-0.4, -0.2) is 28.7 Å². The third kappa shape index (κ3) is 3.64. The van der Waals surface area contributed by atoms with Crippen molar-refractivity contribution in [2.45, 2.75) is 19.9 Å². The lowest BCUT2D eigenvalue weighted by molar-refractivity contribution is 0.0927. The summed E-state index contributed by atoms with van der Waals surface area (Å²) in [4.78, 5) is 11.8. The van der Waals surface area contributed by atoms with Crippen LogP contribution in [0.25, 0.3) is 0 Å². The molecule has 94 valence electrons. The fraction of sp³-hybridized carbons (Fsp3) is 0.417. The average Bonchev–Trinajstić information content (AvgIpc) is 2.23. The maximum absolute atomic E-state index is 11.8. The van der Waals surface area contributed by atoms with Crippen LogP contribution >= 0.6 is 0 Å². The minimum absolute atomic E-state index is 0.132. The van der Waals surface area contributed by atoms with Crippen LogP contribution in [0.3, 0.4) is 0 Å². The molecule has 0 aliphatic rings. The molecule has 0 radical (unpaired) electrons. The Morgan fingerprint density at radius 3 is 2.24 bits per heavy atom. The van der Waals surface area contributed by atoms with Gasteiger partial charge in [0.05, 0.1) is 0 Å². The molecule has 0 aliphatic heterocycles. The molecule has 5 nitrogen and oxygen atoms in total. The second kappa shape index (κ2) is 5.54. The molecule has 1 aromatic carbocycles. The van der Waals surface area contributed by atoms with Crippen molar-refractivity contribution in [3.8, 4) is 11.5 Å². The summed E-state index contributed by atoms with van der Waals surface area (Å²) in [5.74, 6) is -0.441. The zero-order chi connectivity index (χ0) is 13.0. The van der Waals surface area contributed by atoms with E-state index in [4.69, 9.17) is 5.73 Å². The smallest absolute Gasteiger partial charge is 0.251 e. The molecule has 5 N–H and O–H groups in total. The molecule has 0 fully saturated rings. The van der Waals surface area contributed by atoms with Gasteiger partial charge in [0.25, 0.3) is 5.91 Å². The number of carbonyl (C=O) groups excluding carboxylic acids is 1. The number of aromatic hydroxyl groups is 2. The summed E-state index contributed by atoms with van der Waals surface area (Å²) in [5.41, 5.74) is 5.76. The SMILES string of the molecule is CC(C)C(CN)NC(=O)c1cc(O)cc(O)c1. The van der Waals surface area contributed by atoms with Gasteiger partial charge in [-0.1, -0.05) is 13.8 Å². The standard InChI is InChI=1S/C12H18N2O3/c1-7(2)11(6-13)14-12(17)8-3-9(15)5-10(16)4-8/h3-5,7,11,15-16H,6,13H2,1-2H3,(H,14,17). The van der Waals surface area contributed by atoms with Gasteiger partial charge in [-0.15, -0.1) is 0 Å². The van der Waals surface area contributed by atoms with E-state index < -0.39 is 0 Å². The van der Waals surface area contributed by atoms with Crippen LogP contribution in [0, 0.1) is 5.92 Å². The average molecular weight is 238 g/mol. The Bertz CT molecular complexity index is 384. The molecule has 1 aromatic rings. The molecule has 0 spiro atoms. The number of benzene rings is 1. The van der Waals surface area contributed by atoms with Crippen LogP contribution in [-0.2, 0) is 0 Å². The number of nitrogens with one attached hydrogen (secondary N) is 1. The summed E-state index contributed by atoms with van der Waals surface area (Å²) in [6.07, 6.45) is 0. The minimum Gasteiger partial charge on any atom is -0.508 e. The molecule has 17 heavy (non-hydrogen) atoms. The van der Waals surface area contributed by atoms with E-state index in [0.29, 0.717) is 6.54 Å². The highest BCUT2D eigenvalue weighted by Crippen LogP contribution is 2.20. The van der Waals surface area contributed by atoms with Gasteiger partial charge in [-0.3, -0.25) is 4.79 Å². The van der Waals surface area contributed by atoms with E-state index in [9.17, 15) is 15.0 Å². The van der Waals surface area contributed by atoms with Gasteiger partial charge in [0, 0.05) is 24.2 Å². The molecule has 1 rings (SSSR count). The first kappa shape index (κ1) is 13.3. The summed E-state index contributed by atoms with van der Waals surface area (Å²) < 4.78 is 0. The summed E-state index contributed by atoms with van der Waals surface area (Å²) in [6.45, 7) is 4.25. The van der Waals surface area contributed by atoms with Crippen molar-refractivity contribution in [3.05, 3.63) is 23.8 Å². The molecule has 1 atom stereocenters. The van der Waals surface area contributed by atoms with E-state index in [0.717, 1.165) is 0 Å². The zero-order valence-electron chi connectivity index (χ0n) is 9.97. The molecule has 1 unspecified atom stereocenters. The maximum Gasteiger partial charge on any atom is 0.251 e. The van der Waals surface area contributed by atoms with Crippen molar-refractivity contribution in [3.63, 3.8) is 0 Å². The Morgan fingerprint density at radius 1 is 1.29 bits per heavy atom. The monoisotopic (exact) mass is 238 g/mol. The maximum atomic E-state index is 11.8. The number of rotatable bonds is 4. The largest absolute Gasteiger partial charge is 0.508 e. The summed E-state index contributed by atoms with van der Waals surface area (Å²) in [7, 11) is 0. The third-order valence-electron chi connectivity index (χ3n) is 2.54. The number of amides is 1. The van der Waals surface area contributed by atoms with Crippen molar-refractivity contribution in [1.29, 1.82) is 0 Å². The quantitative estimate of drug-likeness (QED) is 0.624. The fourth-order valence-electron chi connectivity index (χ4n) is 1.48. The van der Waals surface area contributed by atoms with Gasteiger partial charge in [-0.25, -0.2) is 0 Å². The van der Waals surface area contributed by atoms with Crippen LogP contribution in [0.4, 0.5) is 0 Å². The first-order valence-electron chi connectivity index (χ1n) is 5.48. The van der Waals surface area contributed by atoms with Crippen molar-refractivity contribution in [2.75, 3.05) is 6.54 Å². The normalized spacial score (nSPS) is 12.5. The van der Waals surface area contributed by atoms with Gasteiger partial charge in [-0.2, -0.15) is 0 Å². The number of carbonyl (C=O) groups is 1. The summed E-state index contributed by atoms with van der Waals surface area (Å²) >= 11 is 0. The van der Waals surface area contributed by atoms with Crippen molar-refractivity contribution < 1.29 is 15.0 Å².